The minimum absolute atomic E-state index is 0.0939. The van der Waals surface area contributed by atoms with Crippen molar-refractivity contribution in [3.05, 3.63) is 59.7 Å². The molecule has 5 heteroatoms. The number of nitrogens with zero attached hydrogens (tertiary/aromatic N) is 1. The number of benzene rings is 2. The molecular formula is C21H26N2O3. The van der Waals surface area contributed by atoms with Gasteiger partial charge in [0, 0.05) is 24.8 Å². The second-order valence-corrected chi connectivity index (χ2v) is 6.78. The highest BCUT2D eigenvalue weighted by atomic mass is 16.5. The number of nitrogens with one attached hydrogen (secondary N) is 1. The van der Waals surface area contributed by atoms with Gasteiger partial charge in [-0.1, -0.05) is 24.3 Å². The number of amides is 1. The molecule has 2 N–H and O–H groups in total. The SMILES string of the molecule is COc1ccc([C@@H](O)C(=O)NC2CCN(c3cccc(C)c3)CC2)cc1. The lowest BCUT2D eigenvalue weighted by Gasteiger charge is -2.34. The van der Waals surface area contributed by atoms with E-state index in [9.17, 15) is 9.90 Å². The van der Waals surface area contributed by atoms with E-state index >= 15 is 0 Å². The summed E-state index contributed by atoms with van der Waals surface area (Å²) in [5, 5.41) is 13.3. The molecule has 26 heavy (non-hydrogen) atoms. The summed E-state index contributed by atoms with van der Waals surface area (Å²) in [7, 11) is 1.58. The van der Waals surface area contributed by atoms with E-state index in [1.165, 1.54) is 11.3 Å². The summed E-state index contributed by atoms with van der Waals surface area (Å²) < 4.78 is 5.10. The van der Waals surface area contributed by atoms with Crippen molar-refractivity contribution in [1.82, 2.24) is 5.32 Å². The molecule has 1 saturated heterocycles. The molecule has 0 bridgehead atoms. The Kier molecular flexibility index (Phi) is 5.78. The summed E-state index contributed by atoms with van der Waals surface area (Å²) in [5.41, 5.74) is 3.05. The maximum Gasteiger partial charge on any atom is 0.253 e. The van der Waals surface area contributed by atoms with Gasteiger partial charge < -0.3 is 20.1 Å². The van der Waals surface area contributed by atoms with Crippen LogP contribution in [0.15, 0.2) is 48.5 Å². The Morgan fingerprint density at radius 1 is 1.19 bits per heavy atom. The number of hydrogen-bond acceptors (Lipinski definition) is 4. The number of carbonyl (C=O) groups excluding carboxylic acids is 1. The highest BCUT2D eigenvalue weighted by Crippen LogP contribution is 2.22. The van der Waals surface area contributed by atoms with Crippen LogP contribution in [0, 0.1) is 6.92 Å². The predicted molar refractivity (Wildman–Crippen MR) is 103 cm³/mol. The maximum atomic E-state index is 12.4. The Labute approximate surface area is 154 Å². The summed E-state index contributed by atoms with van der Waals surface area (Å²) >= 11 is 0. The lowest BCUT2D eigenvalue weighted by Crippen LogP contribution is -2.46. The molecule has 0 saturated carbocycles. The summed E-state index contributed by atoms with van der Waals surface area (Å²) in [4.78, 5) is 14.7. The molecule has 0 spiro atoms. The second-order valence-electron chi connectivity index (χ2n) is 6.78. The summed E-state index contributed by atoms with van der Waals surface area (Å²) in [6.07, 6.45) is 0.583. The fourth-order valence-corrected chi connectivity index (χ4v) is 3.32. The standard InChI is InChI=1S/C21H26N2O3/c1-15-4-3-5-18(14-15)23-12-10-17(11-13-23)22-21(25)20(24)16-6-8-19(26-2)9-7-16/h3-9,14,17,20,24H,10-13H2,1-2H3,(H,22,25)/t20-/m1/s1. The molecule has 0 unspecified atom stereocenters. The van der Waals surface area contributed by atoms with Crippen LogP contribution in [-0.2, 0) is 4.79 Å². The van der Waals surface area contributed by atoms with Crippen LogP contribution in [-0.4, -0.2) is 37.3 Å². The molecule has 0 aromatic heterocycles. The van der Waals surface area contributed by atoms with Crippen LogP contribution in [0.1, 0.15) is 30.1 Å². The quantitative estimate of drug-likeness (QED) is 0.867. The molecule has 3 rings (SSSR count). The highest BCUT2D eigenvalue weighted by molar-refractivity contribution is 5.82. The minimum Gasteiger partial charge on any atom is -0.497 e. The average molecular weight is 354 g/mol. The number of aryl methyl sites for hydroxylation is 1. The van der Waals surface area contributed by atoms with Gasteiger partial charge in [-0.15, -0.1) is 0 Å². The van der Waals surface area contributed by atoms with Gasteiger partial charge in [0.15, 0.2) is 6.10 Å². The smallest absolute Gasteiger partial charge is 0.253 e. The minimum atomic E-state index is -1.16. The number of ether oxygens (including phenoxy) is 1. The lowest BCUT2D eigenvalue weighted by atomic mass is 10.0. The third kappa shape index (κ3) is 4.35. The van der Waals surface area contributed by atoms with Crippen molar-refractivity contribution in [3.8, 4) is 5.75 Å². The van der Waals surface area contributed by atoms with Crippen molar-refractivity contribution in [1.29, 1.82) is 0 Å². The van der Waals surface area contributed by atoms with Crippen molar-refractivity contribution in [2.45, 2.75) is 31.9 Å². The Bertz CT molecular complexity index is 737. The van der Waals surface area contributed by atoms with Crippen LogP contribution in [0.5, 0.6) is 5.75 Å². The first-order valence-electron chi connectivity index (χ1n) is 9.01. The first-order chi connectivity index (χ1) is 12.6. The normalized spacial score (nSPS) is 16.2. The molecule has 2 aromatic carbocycles. The number of rotatable bonds is 5. The molecule has 5 nitrogen and oxygen atoms in total. The second kappa shape index (κ2) is 8.23. The zero-order valence-corrected chi connectivity index (χ0v) is 15.3. The van der Waals surface area contributed by atoms with Crippen LogP contribution < -0.4 is 15.0 Å². The van der Waals surface area contributed by atoms with Crippen LogP contribution in [0.2, 0.25) is 0 Å². The zero-order chi connectivity index (χ0) is 18.5. The van der Waals surface area contributed by atoms with E-state index in [1.807, 2.05) is 0 Å². The van der Waals surface area contributed by atoms with Gasteiger partial charge in [0.05, 0.1) is 7.11 Å². The van der Waals surface area contributed by atoms with Gasteiger partial charge in [0.2, 0.25) is 0 Å². The summed E-state index contributed by atoms with van der Waals surface area (Å²) in [6.45, 7) is 3.89. The van der Waals surface area contributed by atoms with E-state index in [1.54, 1.807) is 31.4 Å². The molecule has 0 radical (unpaired) electrons. The number of anilines is 1. The highest BCUT2D eigenvalue weighted by Gasteiger charge is 2.24. The summed E-state index contributed by atoms with van der Waals surface area (Å²) in [6, 6.07) is 15.5. The molecule has 2 aromatic rings. The van der Waals surface area contributed by atoms with E-state index in [-0.39, 0.29) is 11.9 Å². The maximum absolute atomic E-state index is 12.4. The first kappa shape index (κ1) is 18.3. The molecule has 1 fully saturated rings. The van der Waals surface area contributed by atoms with E-state index < -0.39 is 6.10 Å². The van der Waals surface area contributed by atoms with Crippen LogP contribution in [0.4, 0.5) is 5.69 Å². The monoisotopic (exact) mass is 354 g/mol. The predicted octanol–water partition coefficient (Wildman–Crippen LogP) is 2.82. The Morgan fingerprint density at radius 3 is 2.50 bits per heavy atom. The summed E-state index contributed by atoms with van der Waals surface area (Å²) in [5.74, 6) is 0.356. The van der Waals surface area contributed by atoms with E-state index in [4.69, 9.17) is 4.74 Å². The molecular weight excluding hydrogens is 328 g/mol. The number of carbonyl (C=O) groups is 1. The Balaban J connectivity index is 1.52. The number of hydrogen-bond donors (Lipinski definition) is 2. The Hall–Kier alpha value is -2.53. The molecule has 1 atom stereocenters. The van der Waals surface area contributed by atoms with Crippen LogP contribution in [0.3, 0.4) is 0 Å². The number of methoxy groups -OCH3 is 1. The molecule has 0 aliphatic carbocycles. The van der Waals surface area contributed by atoms with E-state index in [2.05, 4.69) is 41.4 Å². The van der Waals surface area contributed by atoms with Gasteiger partial charge in [0.1, 0.15) is 5.75 Å². The van der Waals surface area contributed by atoms with E-state index in [0.29, 0.717) is 11.3 Å². The number of aliphatic hydroxyl groups excluding tert-OH is 1. The van der Waals surface area contributed by atoms with Crippen molar-refractivity contribution in [3.63, 3.8) is 0 Å². The molecule has 1 heterocycles. The average Bonchev–Trinajstić information content (AvgIpc) is 2.68. The van der Waals surface area contributed by atoms with Gasteiger partial charge in [-0.3, -0.25) is 4.79 Å². The van der Waals surface area contributed by atoms with Crippen molar-refractivity contribution in [2.75, 3.05) is 25.1 Å². The van der Waals surface area contributed by atoms with Gasteiger partial charge in [-0.25, -0.2) is 0 Å². The first-order valence-corrected chi connectivity index (χ1v) is 9.01. The van der Waals surface area contributed by atoms with Crippen molar-refractivity contribution < 1.29 is 14.6 Å². The Morgan fingerprint density at radius 2 is 1.88 bits per heavy atom. The third-order valence-corrected chi connectivity index (χ3v) is 4.89. The molecule has 1 aliphatic rings. The fourth-order valence-electron chi connectivity index (χ4n) is 3.32. The lowest BCUT2D eigenvalue weighted by molar-refractivity contribution is -0.130. The topological polar surface area (TPSA) is 61.8 Å². The van der Waals surface area contributed by atoms with Gasteiger partial charge in [0.25, 0.3) is 5.91 Å². The zero-order valence-electron chi connectivity index (χ0n) is 15.3. The molecule has 138 valence electrons. The van der Waals surface area contributed by atoms with Crippen LogP contribution in [0.25, 0.3) is 0 Å². The van der Waals surface area contributed by atoms with Gasteiger partial charge >= 0.3 is 0 Å². The molecule has 1 amide bonds. The largest absolute Gasteiger partial charge is 0.497 e. The van der Waals surface area contributed by atoms with Gasteiger partial charge in [-0.2, -0.15) is 0 Å². The van der Waals surface area contributed by atoms with Crippen LogP contribution >= 0.6 is 0 Å². The van der Waals surface area contributed by atoms with E-state index in [0.717, 1.165) is 25.9 Å². The third-order valence-electron chi connectivity index (χ3n) is 4.89. The molecule has 1 aliphatic heterocycles. The van der Waals surface area contributed by atoms with Gasteiger partial charge in [-0.05, 0) is 55.2 Å². The fraction of sp³-hybridized carbons (Fsp3) is 0.381. The van der Waals surface area contributed by atoms with Crippen molar-refractivity contribution >= 4 is 11.6 Å². The number of piperidine rings is 1. The number of aliphatic hydroxyl groups is 1. The van der Waals surface area contributed by atoms with Crippen molar-refractivity contribution in [2.24, 2.45) is 0 Å².